The number of nitrogens with zero attached hydrogens (tertiary/aromatic N) is 3. The van der Waals surface area contributed by atoms with Crippen LogP contribution in [0.2, 0.25) is 10.0 Å². The van der Waals surface area contributed by atoms with Gasteiger partial charge in [0.1, 0.15) is 22.7 Å². The quantitative estimate of drug-likeness (QED) is 0.608. The normalized spacial score (nSPS) is 10.4. The van der Waals surface area contributed by atoms with Crippen molar-refractivity contribution in [1.29, 1.82) is 0 Å². The molecule has 138 valence electrons. The largest absolute Gasteiger partial charge is 0.494 e. The molecular weight excluding hydrogens is 389 g/mol. The van der Waals surface area contributed by atoms with E-state index in [4.69, 9.17) is 32.7 Å². The Balaban J connectivity index is 1.95. The maximum absolute atomic E-state index is 13.0. The predicted molar refractivity (Wildman–Crippen MR) is 104 cm³/mol. The van der Waals surface area contributed by atoms with Crippen LogP contribution in [0.15, 0.2) is 55.0 Å². The zero-order valence-corrected chi connectivity index (χ0v) is 16.0. The fourth-order valence-corrected chi connectivity index (χ4v) is 2.70. The maximum atomic E-state index is 13.0. The van der Waals surface area contributed by atoms with Crippen LogP contribution in [0.1, 0.15) is 10.4 Å². The van der Waals surface area contributed by atoms with Gasteiger partial charge in [-0.2, -0.15) is 0 Å². The van der Waals surface area contributed by atoms with Crippen LogP contribution in [0.3, 0.4) is 0 Å². The van der Waals surface area contributed by atoms with Gasteiger partial charge in [0.2, 0.25) is 5.88 Å². The summed E-state index contributed by atoms with van der Waals surface area (Å²) >= 11 is 12.1. The van der Waals surface area contributed by atoms with Gasteiger partial charge in [0.25, 0.3) is 5.91 Å². The first-order chi connectivity index (χ1) is 13.0. The molecular formula is C19H15Cl2N3O3. The highest BCUT2D eigenvalue weighted by Gasteiger charge is 2.22. The van der Waals surface area contributed by atoms with Gasteiger partial charge in [-0.1, -0.05) is 23.2 Å². The second-order valence-corrected chi connectivity index (χ2v) is 6.29. The van der Waals surface area contributed by atoms with E-state index in [1.54, 1.807) is 55.8 Å². The lowest BCUT2D eigenvalue weighted by atomic mass is 10.2. The highest BCUT2D eigenvalue weighted by molar-refractivity contribution is 6.34. The zero-order valence-electron chi connectivity index (χ0n) is 14.5. The summed E-state index contributed by atoms with van der Waals surface area (Å²) in [5.74, 6) is 0.590. The van der Waals surface area contributed by atoms with Gasteiger partial charge in [-0.3, -0.25) is 9.78 Å². The molecule has 0 aliphatic carbocycles. The summed E-state index contributed by atoms with van der Waals surface area (Å²) in [5.41, 5.74) is 0.766. The Kier molecular flexibility index (Phi) is 5.78. The van der Waals surface area contributed by atoms with Crippen LogP contribution in [-0.4, -0.2) is 30.0 Å². The summed E-state index contributed by atoms with van der Waals surface area (Å²) < 4.78 is 11.1. The van der Waals surface area contributed by atoms with Gasteiger partial charge in [-0.05, 0) is 24.3 Å². The molecule has 0 saturated heterocycles. The van der Waals surface area contributed by atoms with E-state index in [2.05, 4.69) is 9.97 Å². The molecule has 6 nitrogen and oxygen atoms in total. The first-order valence-electron chi connectivity index (χ1n) is 7.85. The number of methoxy groups -OCH3 is 1. The first-order valence-corrected chi connectivity index (χ1v) is 8.61. The van der Waals surface area contributed by atoms with Crippen molar-refractivity contribution in [3.05, 3.63) is 70.6 Å². The Morgan fingerprint density at radius 2 is 1.93 bits per heavy atom. The number of aromatic nitrogens is 2. The Morgan fingerprint density at radius 3 is 2.70 bits per heavy atom. The lowest BCUT2D eigenvalue weighted by Gasteiger charge is -2.20. The second kappa shape index (κ2) is 8.24. The summed E-state index contributed by atoms with van der Waals surface area (Å²) in [6.45, 7) is 0. The number of hydrogen-bond acceptors (Lipinski definition) is 5. The average molecular weight is 404 g/mol. The number of ether oxygens (including phenoxy) is 2. The smallest absolute Gasteiger partial charge is 0.263 e. The number of amides is 1. The molecule has 0 aliphatic rings. The van der Waals surface area contributed by atoms with Crippen molar-refractivity contribution < 1.29 is 14.3 Å². The highest BCUT2D eigenvalue weighted by atomic mass is 35.5. The molecule has 2 heterocycles. The second-order valence-electron chi connectivity index (χ2n) is 5.44. The number of rotatable bonds is 5. The molecule has 0 bridgehead atoms. The third-order valence-electron chi connectivity index (χ3n) is 3.75. The van der Waals surface area contributed by atoms with Gasteiger partial charge in [-0.15, -0.1) is 0 Å². The minimum Gasteiger partial charge on any atom is -0.494 e. The minimum atomic E-state index is -0.345. The molecule has 0 spiro atoms. The molecule has 0 N–H and O–H groups in total. The van der Waals surface area contributed by atoms with Crippen molar-refractivity contribution in [3.63, 3.8) is 0 Å². The number of anilines is 1. The highest BCUT2D eigenvalue weighted by Crippen LogP contribution is 2.33. The molecule has 3 rings (SSSR count). The van der Waals surface area contributed by atoms with Crippen LogP contribution < -0.4 is 14.4 Å². The van der Waals surface area contributed by atoms with Crippen LogP contribution in [-0.2, 0) is 0 Å². The SMILES string of the molecule is COc1ccncc1N(C)C(=O)c1cccnc1Oc1cc(Cl)ccc1Cl. The third-order valence-corrected chi connectivity index (χ3v) is 4.30. The van der Waals surface area contributed by atoms with E-state index in [0.717, 1.165) is 0 Å². The van der Waals surface area contributed by atoms with Crippen LogP contribution in [0.4, 0.5) is 5.69 Å². The number of benzene rings is 1. The molecule has 2 aromatic heterocycles. The molecule has 0 unspecified atom stereocenters. The van der Waals surface area contributed by atoms with E-state index in [1.807, 2.05) is 0 Å². The van der Waals surface area contributed by atoms with Crippen molar-refractivity contribution >= 4 is 34.8 Å². The fraction of sp³-hybridized carbons (Fsp3) is 0.105. The molecule has 0 saturated carbocycles. The molecule has 27 heavy (non-hydrogen) atoms. The molecule has 8 heteroatoms. The van der Waals surface area contributed by atoms with Gasteiger partial charge in [-0.25, -0.2) is 4.98 Å². The molecule has 1 aromatic carbocycles. The maximum Gasteiger partial charge on any atom is 0.263 e. The van der Waals surface area contributed by atoms with E-state index < -0.39 is 0 Å². The Hall–Kier alpha value is -2.83. The summed E-state index contributed by atoms with van der Waals surface area (Å²) in [6.07, 6.45) is 4.65. The van der Waals surface area contributed by atoms with Crippen molar-refractivity contribution in [2.45, 2.75) is 0 Å². The average Bonchev–Trinajstić information content (AvgIpc) is 2.70. The minimum absolute atomic E-state index is 0.112. The zero-order chi connectivity index (χ0) is 19.4. The first kappa shape index (κ1) is 18.9. The Bertz CT molecular complexity index is 982. The number of carbonyl (C=O) groups excluding carboxylic acids is 1. The fourth-order valence-electron chi connectivity index (χ4n) is 2.38. The lowest BCUT2D eigenvalue weighted by molar-refractivity contribution is 0.0989. The van der Waals surface area contributed by atoms with Crippen molar-refractivity contribution in [2.75, 3.05) is 19.1 Å². The Labute approximate surface area is 166 Å². The van der Waals surface area contributed by atoms with E-state index in [9.17, 15) is 4.79 Å². The number of hydrogen-bond donors (Lipinski definition) is 0. The van der Waals surface area contributed by atoms with E-state index >= 15 is 0 Å². The topological polar surface area (TPSA) is 64.5 Å². The summed E-state index contributed by atoms with van der Waals surface area (Å²) in [7, 11) is 3.14. The third kappa shape index (κ3) is 4.13. The van der Waals surface area contributed by atoms with Crippen LogP contribution in [0, 0.1) is 0 Å². The monoisotopic (exact) mass is 403 g/mol. The molecule has 1 amide bonds. The van der Waals surface area contributed by atoms with Crippen molar-refractivity contribution in [2.24, 2.45) is 0 Å². The van der Waals surface area contributed by atoms with E-state index in [-0.39, 0.29) is 17.4 Å². The number of carbonyl (C=O) groups is 1. The summed E-state index contributed by atoms with van der Waals surface area (Å²) in [4.78, 5) is 22.7. The molecule has 0 fully saturated rings. The summed E-state index contributed by atoms with van der Waals surface area (Å²) in [5, 5.41) is 0.807. The van der Waals surface area contributed by atoms with Gasteiger partial charge < -0.3 is 14.4 Å². The molecule has 0 aliphatic heterocycles. The summed E-state index contributed by atoms with van der Waals surface area (Å²) in [6, 6.07) is 9.74. The van der Waals surface area contributed by atoms with Crippen LogP contribution in [0.25, 0.3) is 0 Å². The van der Waals surface area contributed by atoms with E-state index in [0.29, 0.717) is 27.2 Å². The van der Waals surface area contributed by atoms with Crippen molar-refractivity contribution in [1.82, 2.24) is 9.97 Å². The van der Waals surface area contributed by atoms with Gasteiger partial charge in [0.15, 0.2) is 0 Å². The van der Waals surface area contributed by atoms with Gasteiger partial charge in [0.05, 0.1) is 18.3 Å². The standard InChI is InChI=1S/C19H15Cl2N3O3/c1-24(15-11-22-9-7-16(15)26-2)19(25)13-4-3-8-23-18(13)27-17-10-12(20)5-6-14(17)21/h3-11H,1-2H3. The van der Waals surface area contributed by atoms with Crippen LogP contribution >= 0.6 is 23.2 Å². The van der Waals surface area contributed by atoms with Crippen molar-refractivity contribution in [3.8, 4) is 17.4 Å². The molecule has 0 atom stereocenters. The van der Waals surface area contributed by atoms with Gasteiger partial charge in [0, 0.05) is 36.6 Å². The van der Waals surface area contributed by atoms with Gasteiger partial charge >= 0.3 is 0 Å². The lowest BCUT2D eigenvalue weighted by Crippen LogP contribution is -2.27. The Morgan fingerprint density at radius 1 is 1.11 bits per heavy atom. The predicted octanol–water partition coefficient (Wildman–Crippen LogP) is 4.86. The van der Waals surface area contributed by atoms with Crippen LogP contribution in [0.5, 0.6) is 17.4 Å². The molecule has 0 radical (unpaired) electrons. The number of halogens is 2. The molecule has 3 aromatic rings. The van der Waals surface area contributed by atoms with E-state index in [1.165, 1.54) is 18.2 Å². The number of pyridine rings is 2.